The third kappa shape index (κ3) is 5.43. The molecule has 2 aliphatic rings. The lowest BCUT2D eigenvalue weighted by atomic mass is 9.71. The molecule has 0 saturated heterocycles. The molecule has 5 rings (SSSR count). The number of pyridine rings is 1. The van der Waals surface area contributed by atoms with Crippen molar-refractivity contribution in [3.63, 3.8) is 0 Å². The maximum atomic E-state index is 13.8. The second-order valence-electron chi connectivity index (χ2n) is 9.97. The molecule has 0 saturated carbocycles. The maximum Gasteiger partial charge on any atom is 0.255 e. The molecule has 7 nitrogen and oxygen atoms in total. The lowest BCUT2D eigenvalue weighted by molar-refractivity contribution is -0.116. The Balaban J connectivity index is 1.53. The van der Waals surface area contributed by atoms with Gasteiger partial charge in [0.25, 0.3) is 5.91 Å². The van der Waals surface area contributed by atoms with Gasteiger partial charge in [-0.2, -0.15) is 0 Å². The van der Waals surface area contributed by atoms with Crippen molar-refractivity contribution in [2.75, 3.05) is 19.0 Å². The highest BCUT2D eigenvalue weighted by molar-refractivity contribution is 6.09. The summed E-state index contributed by atoms with van der Waals surface area (Å²) in [5, 5.41) is 6.37. The van der Waals surface area contributed by atoms with Gasteiger partial charge in [0.05, 0.1) is 13.7 Å². The van der Waals surface area contributed by atoms with Crippen molar-refractivity contribution in [2.24, 2.45) is 0 Å². The van der Waals surface area contributed by atoms with E-state index in [-0.39, 0.29) is 17.6 Å². The number of amides is 1. The standard InChI is InChI=1S/C32H33N3O4/c1-5-39-25-13-9-22(10-14-25)30-29(32(37)35-28-15-6-19(2)18-33-28)20(3)34-26-16-23(17-27(36)31(26)30)21-7-11-24(38-4)12-8-21/h6-15,18,23,30,34H,5,16-17H2,1-4H3,(H,33,35,37). The zero-order valence-corrected chi connectivity index (χ0v) is 22.7. The molecule has 200 valence electrons. The molecule has 2 unspecified atom stereocenters. The molecular weight excluding hydrogens is 490 g/mol. The van der Waals surface area contributed by atoms with Crippen molar-refractivity contribution < 1.29 is 19.1 Å². The number of ketones is 1. The number of Topliss-reactive ketones (excluding diaryl/α,β-unsaturated/α-hetero) is 1. The summed E-state index contributed by atoms with van der Waals surface area (Å²) in [6.45, 7) is 6.33. The van der Waals surface area contributed by atoms with Gasteiger partial charge in [-0.15, -0.1) is 0 Å². The summed E-state index contributed by atoms with van der Waals surface area (Å²) in [7, 11) is 1.64. The van der Waals surface area contributed by atoms with Crippen LogP contribution in [0.15, 0.2) is 89.4 Å². The predicted octanol–water partition coefficient (Wildman–Crippen LogP) is 5.80. The largest absolute Gasteiger partial charge is 0.497 e. The number of hydrogen-bond donors (Lipinski definition) is 2. The van der Waals surface area contributed by atoms with Crippen LogP contribution in [0.5, 0.6) is 11.5 Å². The number of anilines is 1. The molecule has 39 heavy (non-hydrogen) atoms. The van der Waals surface area contributed by atoms with Gasteiger partial charge in [0.15, 0.2) is 5.78 Å². The molecule has 1 amide bonds. The third-order valence-electron chi connectivity index (χ3n) is 7.34. The number of methoxy groups -OCH3 is 1. The van der Waals surface area contributed by atoms with Crippen LogP contribution < -0.4 is 20.1 Å². The van der Waals surface area contributed by atoms with E-state index in [9.17, 15) is 9.59 Å². The number of nitrogens with zero attached hydrogens (tertiary/aromatic N) is 1. The summed E-state index contributed by atoms with van der Waals surface area (Å²) in [5.74, 6) is 1.27. The van der Waals surface area contributed by atoms with E-state index in [4.69, 9.17) is 9.47 Å². The number of ether oxygens (including phenoxy) is 2. The number of aryl methyl sites for hydroxylation is 1. The Morgan fingerprint density at radius 1 is 0.974 bits per heavy atom. The Morgan fingerprint density at radius 3 is 2.31 bits per heavy atom. The van der Waals surface area contributed by atoms with Gasteiger partial charge in [-0.05, 0) is 80.1 Å². The summed E-state index contributed by atoms with van der Waals surface area (Å²) in [4.78, 5) is 31.9. The van der Waals surface area contributed by atoms with Crippen molar-refractivity contribution in [1.29, 1.82) is 0 Å². The van der Waals surface area contributed by atoms with Crippen LogP contribution >= 0.6 is 0 Å². The zero-order valence-electron chi connectivity index (χ0n) is 22.7. The van der Waals surface area contributed by atoms with Crippen LogP contribution in [0.25, 0.3) is 0 Å². The van der Waals surface area contributed by atoms with E-state index in [1.807, 2.05) is 75.4 Å². The van der Waals surface area contributed by atoms with Gasteiger partial charge in [0.1, 0.15) is 17.3 Å². The van der Waals surface area contributed by atoms with Crippen molar-refractivity contribution in [1.82, 2.24) is 10.3 Å². The molecule has 2 N–H and O–H groups in total. The minimum Gasteiger partial charge on any atom is -0.497 e. The molecule has 1 aromatic heterocycles. The Labute approximate surface area is 228 Å². The number of dihydropyridines is 1. The lowest BCUT2D eigenvalue weighted by Gasteiger charge is -2.37. The predicted molar refractivity (Wildman–Crippen MR) is 151 cm³/mol. The van der Waals surface area contributed by atoms with Crippen LogP contribution in [0.1, 0.15) is 55.2 Å². The number of aromatic nitrogens is 1. The summed E-state index contributed by atoms with van der Waals surface area (Å²) in [6.07, 6.45) is 2.75. The second-order valence-corrected chi connectivity index (χ2v) is 9.97. The van der Waals surface area contributed by atoms with Crippen LogP contribution in [0.4, 0.5) is 5.82 Å². The van der Waals surface area contributed by atoms with E-state index in [0.29, 0.717) is 36.4 Å². The smallest absolute Gasteiger partial charge is 0.255 e. The van der Waals surface area contributed by atoms with E-state index >= 15 is 0 Å². The Bertz CT molecular complexity index is 1440. The molecule has 1 aliphatic heterocycles. The molecule has 7 heteroatoms. The molecular formula is C32H33N3O4. The topological polar surface area (TPSA) is 89.5 Å². The molecule has 2 atom stereocenters. The first-order chi connectivity index (χ1) is 18.9. The van der Waals surface area contributed by atoms with Crippen molar-refractivity contribution in [3.05, 3.63) is 106 Å². The molecule has 0 radical (unpaired) electrons. The minimum atomic E-state index is -0.508. The van der Waals surface area contributed by atoms with E-state index < -0.39 is 5.92 Å². The molecule has 0 fully saturated rings. The van der Waals surface area contributed by atoms with Crippen LogP contribution in [-0.4, -0.2) is 30.4 Å². The summed E-state index contributed by atoms with van der Waals surface area (Å²) in [6, 6.07) is 19.2. The summed E-state index contributed by atoms with van der Waals surface area (Å²) in [5.41, 5.74) is 5.71. The van der Waals surface area contributed by atoms with Gasteiger partial charge in [-0.25, -0.2) is 4.98 Å². The average Bonchev–Trinajstić information content (AvgIpc) is 2.94. The number of carbonyl (C=O) groups is 2. The third-order valence-corrected chi connectivity index (χ3v) is 7.34. The van der Waals surface area contributed by atoms with Gasteiger partial charge in [0.2, 0.25) is 0 Å². The highest BCUT2D eigenvalue weighted by Crippen LogP contribution is 2.46. The summed E-state index contributed by atoms with van der Waals surface area (Å²) >= 11 is 0. The number of hydrogen-bond acceptors (Lipinski definition) is 6. The number of benzene rings is 2. The van der Waals surface area contributed by atoms with Gasteiger partial charge in [-0.1, -0.05) is 30.3 Å². The first-order valence-corrected chi connectivity index (χ1v) is 13.2. The van der Waals surface area contributed by atoms with Crippen molar-refractivity contribution in [2.45, 2.75) is 45.4 Å². The average molecular weight is 524 g/mol. The fraction of sp³-hybridized carbons (Fsp3) is 0.281. The van der Waals surface area contributed by atoms with Gasteiger partial charge in [0, 0.05) is 41.1 Å². The fourth-order valence-corrected chi connectivity index (χ4v) is 5.43. The number of rotatable bonds is 7. The van der Waals surface area contributed by atoms with Crippen LogP contribution in [0.3, 0.4) is 0 Å². The molecule has 0 bridgehead atoms. The second kappa shape index (κ2) is 11.2. The van der Waals surface area contributed by atoms with Gasteiger partial charge < -0.3 is 20.1 Å². The molecule has 0 spiro atoms. The van der Waals surface area contributed by atoms with Gasteiger partial charge in [-0.3, -0.25) is 9.59 Å². The normalized spacial score (nSPS) is 18.8. The molecule has 3 aromatic rings. The highest BCUT2D eigenvalue weighted by atomic mass is 16.5. The zero-order chi connectivity index (χ0) is 27.5. The van der Waals surface area contributed by atoms with E-state index in [0.717, 1.165) is 39.6 Å². The molecule has 1 aliphatic carbocycles. The van der Waals surface area contributed by atoms with E-state index in [1.54, 1.807) is 19.4 Å². The van der Waals surface area contributed by atoms with Crippen LogP contribution in [-0.2, 0) is 9.59 Å². The Morgan fingerprint density at radius 2 is 1.67 bits per heavy atom. The monoisotopic (exact) mass is 523 g/mol. The Kier molecular flexibility index (Phi) is 7.50. The summed E-state index contributed by atoms with van der Waals surface area (Å²) < 4.78 is 10.9. The van der Waals surface area contributed by atoms with Crippen molar-refractivity contribution in [3.8, 4) is 11.5 Å². The van der Waals surface area contributed by atoms with E-state index in [2.05, 4.69) is 15.6 Å². The van der Waals surface area contributed by atoms with Crippen LogP contribution in [0.2, 0.25) is 0 Å². The maximum absolute atomic E-state index is 13.8. The first kappa shape index (κ1) is 26.2. The SMILES string of the molecule is CCOc1ccc(C2C(C(=O)Nc3ccc(C)cn3)=C(C)NC3=C2C(=O)CC(c2ccc(OC)cc2)C3)cc1. The quantitative estimate of drug-likeness (QED) is 0.407. The number of allylic oxidation sites excluding steroid dienone is 3. The highest BCUT2D eigenvalue weighted by Gasteiger charge is 2.41. The fourth-order valence-electron chi connectivity index (χ4n) is 5.43. The lowest BCUT2D eigenvalue weighted by Crippen LogP contribution is -2.37. The minimum absolute atomic E-state index is 0.0368. The van der Waals surface area contributed by atoms with Gasteiger partial charge >= 0.3 is 0 Å². The number of nitrogens with one attached hydrogen (secondary N) is 2. The molecule has 2 aromatic carbocycles. The first-order valence-electron chi connectivity index (χ1n) is 13.2. The van der Waals surface area contributed by atoms with Crippen molar-refractivity contribution >= 4 is 17.5 Å². The van der Waals surface area contributed by atoms with E-state index in [1.165, 1.54) is 0 Å². The number of carbonyl (C=O) groups excluding carboxylic acids is 2. The van der Waals surface area contributed by atoms with Crippen LogP contribution in [0, 0.1) is 6.92 Å². The Hall–Kier alpha value is -4.39. The molecule has 2 heterocycles.